The Bertz CT molecular complexity index is 564. The third-order valence-electron chi connectivity index (χ3n) is 4.38. The monoisotopic (exact) mass is 304 g/mol. The zero-order valence-corrected chi connectivity index (χ0v) is 13.1. The van der Waals surface area contributed by atoms with Gasteiger partial charge in [-0.3, -0.25) is 4.98 Å². The maximum atomic E-state index is 13.4. The van der Waals surface area contributed by atoms with Crippen molar-refractivity contribution in [2.24, 2.45) is 5.92 Å². The second-order valence-electron chi connectivity index (χ2n) is 5.86. The highest BCUT2D eigenvalue weighted by Gasteiger charge is 2.28. The summed E-state index contributed by atoms with van der Waals surface area (Å²) < 4.78 is 13.4. The molecule has 1 saturated carbocycles. The van der Waals surface area contributed by atoms with Crippen molar-refractivity contribution in [1.29, 1.82) is 0 Å². The molecule has 112 valence electrons. The van der Waals surface area contributed by atoms with Gasteiger partial charge in [0.25, 0.3) is 0 Å². The third-order valence-corrected chi connectivity index (χ3v) is 5.33. The quantitative estimate of drug-likeness (QED) is 0.853. The van der Waals surface area contributed by atoms with Crippen molar-refractivity contribution in [2.45, 2.75) is 44.7 Å². The minimum atomic E-state index is -0.269. The third kappa shape index (κ3) is 3.50. The van der Waals surface area contributed by atoms with Crippen LogP contribution in [-0.2, 0) is 0 Å². The fourth-order valence-corrected chi connectivity index (χ4v) is 4.12. The highest BCUT2D eigenvalue weighted by atomic mass is 32.1. The highest BCUT2D eigenvalue weighted by molar-refractivity contribution is 7.10. The predicted octanol–water partition coefficient (Wildman–Crippen LogP) is 4.86. The lowest BCUT2D eigenvalue weighted by molar-refractivity contribution is 0.342. The van der Waals surface area contributed by atoms with Crippen molar-refractivity contribution in [2.75, 3.05) is 0 Å². The number of hydrogen-bond donors (Lipinski definition) is 1. The van der Waals surface area contributed by atoms with Crippen LogP contribution < -0.4 is 5.32 Å². The summed E-state index contributed by atoms with van der Waals surface area (Å²) in [6.45, 7) is 2.09. The molecule has 0 spiro atoms. The van der Waals surface area contributed by atoms with Gasteiger partial charge >= 0.3 is 0 Å². The molecule has 2 heterocycles. The Morgan fingerprint density at radius 3 is 2.81 bits per heavy atom. The first kappa shape index (κ1) is 14.7. The lowest BCUT2D eigenvalue weighted by Gasteiger charge is -2.27. The molecule has 0 saturated heterocycles. The van der Waals surface area contributed by atoms with E-state index in [4.69, 9.17) is 0 Å². The summed E-state index contributed by atoms with van der Waals surface area (Å²) in [6.07, 6.45) is 8.21. The lowest BCUT2D eigenvalue weighted by Crippen LogP contribution is -2.29. The van der Waals surface area contributed by atoms with Gasteiger partial charge in [0.1, 0.15) is 5.82 Å². The van der Waals surface area contributed by atoms with E-state index in [0.29, 0.717) is 12.0 Å². The second kappa shape index (κ2) is 6.67. The molecule has 2 unspecified atom stereocenters. The zero-order chi connectivity index (χ0) is 14.7. The largest absolute Gasteiger partial charge is 0.302 e. The van der Waals surface area contributed by atoms with Gasteiger partial charge in [-0.2, -0.15) is 0 Å². The number of nitrogens with one attached hydrogen (secondary N) is 1. The number of nitrogens with zero attached hydrogens (tertiary/aromatic N) is 1. The van der Waals surface area contributed by atoms with Crippen LogP contribution in [0.2, 0.25) is 0 Å². The van der Waals surface area contributed by atoms with E-state index in [2.05, 4.69) is 34.7 Å². The minimum Gasteiger partial charge on any atom is -0.302 e. The molecule has 0 radical (unpaired) electrons. The van der Waals surface area contributed by atoms with Crippen LogP contribution >= 0.6 is 11.3 Å². The smallest absolute Gasteiger partial charge is 0.141 e. The number of halogens is 1. The maximum Gasteiger partial charge on any atom is 0.141 e. The zero-order valence-electron chi connectivity index (χ0n) is 12.3. The van der Waals surface area contributed by atoms with E-state index in [0.717, 1.165) is 5.56 Å². The van der Waals surface area contributed by atoms with E-state index < -0.39 is 0 Å². The van der Waals surface area contributed by atoms with Crippen molar-refractivity contribution in [3.63, 3.8) is 0 Å². The standard InChI is InChI=1S/C17H21FN2S/c1-12(14-9-15(18)11-19-10-14)20-17(13-5-2-3-6-13)16-7-4-8-21-16/h4,7-13,17,20H,2-3,5-6H2,1H3. The van der Waals surface area contributed by atoms with E-state index in [-0.39, 0.29) is 11.9 Å². The van der Waals surface area contributed by atoms with E-state index in [1.165, 1.54) is 36.8 Å². The summed E-state index contributed by atoms with van der Waals surface area (Å²) in [4.78, 5) is 5.35. The molecule has 2 nitrogen and oxygen atoms in total. The van der Waals surface area contributed by atoms with Gasteiger partial charge in [0.2, 0.25) is 0 Å². The Morgan fingerprint density at radius 1 is 1.33 bits per heavy atom. The predicted molar refractivity (Wildman–Crippen MR) is 84.8 cm³/mol. The van der Waals surface area contributed by atoms with Gasteiger partial charge in [0, 0.05) is 23.2 Å². The van der Waals surface area contributed by atoms with Crippen LogP contribution in [0.15, 0.2) is 36.0 Å². The van der Waals surface area contributed by atoms with Crippen LogP contribution in [0.1, 0.15) is 55.1 Å². The molecule has 1 N–H and O–H groups in total. The second-order valence-corrected chi connectivity index (χ2v) is 6.84. The first-order valence-corrected chi connectivity index (χ1v) is 8.52. The molecule has 1 aliphatic rings. The highest BCUT2D eigenvalue weighted by Crippen LogP contribution is 2.38. The first-order chi connectivity index (χ1) is 10.2. The van der Waals surface area contributed by atoms with Crippen LogP contribution in [0, 0.1) is 11.7 Å². The SMILES string of the molecule is CC(NC(c1cccs1)C1CCCC1)c1cncc(F)c1. The molecule has 1 aliphatic carbocycles. The molecule has 4 heteroatoms. The number of thiophene rings is 1. The molecule has 2 atom stereocenters. The molecule has 2 aromatic rings. The van der Waals surface area contributed by atoms with Gasteiger partial charge in [0.05, 0.1) is 6.20 Å². The van der Waals surface area contributed by atoms with Crippen LogP contribution in [-0.4, -0.2) is 4.98 Å². The molecule has 1 fully saturated rings. The fourth-order valence-electron chi connectivity index (χ4n) is 3.24. The summed E-state index contributed by atoms with van der Waals surface area (Å²) >= 11 is 1.81. The van der Waals surface area contributed by atoms with Crippen molar-refractivity contribution in [3.8, 4) is 0 Å². The Labute approximate surface area is 129 Å². The topological polar surface area (TPSA) is 24.9 Å². The van der Waals surface area contributed by atoms with Crippen LogP contribution in [0.4, 0.5) is 4.39 Å². The van der Waals surface area contributed by atoms with Crippen molar-refractivity contribution in [3.05, 3.63) is 52.2 Å². The van der Waals surface area contributed by atoms with Gasteiger partial charge in [-0.05, 0) is 48.8 Å². The Morgan fingerprint density at radius 2 is 2.14 bits per heavy atom. The number of aromatic nitrogens is 1. The molecule has 0 aliphatic heterocycles. The first-order valence-electron chi connectivity index (χ1n) is 7.64. The maximum absolute atomic E-state index is 13.4. The summed E-state index contributed by atoms with van der Waals surface area (Å²) in [5.74, 6) is 0.419. The summed E-state index contributed by atoms with van der Waals surface area (Å²) in [6, 6.07) is 6.35. The Hall–Kier alpha value is -1.26. The van der Waals surface area contributed by atoms with Gasteiger partial charge in [-0.25, -0.2) is 4.39 Å². The molecule has 0 bridgehead atoms. The number of hydrogen-bond acceptors (Lipinski definition) is 3. The van der Waals surface area contributed by atoms with Gasteiger partial charge < -0.3 is 5.32 Å². The van der Waals surface area contributed by atoms with E-state index >= 15 is 0 Å². The van der Waals surface area contributed by atoms with Crippen molar-refractivity contribution in [1.82, 2.24) is 10.3 Å². The summed E-state index contributed by atoms with van der Waals surface area (Å²) in [7, 11) is 0. The Kier molecular flexibility index (Phi) is 4.66. The normalized spacial score (nSPS) is 18.8. The Balaban J connectivity index is 1.77. The van der Waals surface area contributed by atoms with E-state index in [1.807, 2.05) is 0 Å². The van der Waals surface area contributed by atoms with E-state index in [9.17, 15) is 4.39 Å². The molecular weight excluding hydrogens is 283 g/mol. The summed E-state index contributed by atoms with van der Waals surface area (Å²) in [5, 5.41) is 5.84. The molecule has 0 aromatic carbocycles. The molecule has 2 aromatic heterocycles. The molecular formula is C17H21FN2S. The van der Waals surface area contributed by atoms with E-state index in [1.54, 1.807) is 23.6 Å². The van der Waals surface area contributed by atoms with Gasteiger partial charge in [0.15, 0.2) is 0 Å². The molecule has 21 heavy (non-hydrogen) atoms. The molecule has 3 rings (SSSR count). The number of pyridine rings is 1. The van der Waals surface area contributed by atoms with Crippen LogP contribution in [0.3, 0.4) is 0 Å². The summed E-state index contributed by atoms with van der Waals surface area (Å²) in [5.41, 5.74) is 0.912. The van der Waals surface area contributed by atoms with Crippen molar-refractivity contribution < 1.29 is 4.39 Å². The lowest BCUT2D eigenvalue weighted by atomic mass is 9.95. The van der Waals surface area contributed by atoms with Crippen LogP contribution in [0.5, 0.6) is 0 Å². The van der Waals surface area contributed by atoms with Gasteiger partial charge in [-0.1, -0.05) is 18.9 Å². The average Bonchev–Trinajstić information content (AvgIpc) is 3.18. The minimum absolute atomic E-state index is 0.0981. The van der Waals surface area contributed by atoms with Crippen molar-refractivity contribution >= 4 is 11.3 Å². The average molecular weight is 304 g/mol. The van der Waals surface area contributed by atoms with Crippen LogP contribution in [0.25, 0.3) is 0 Å². The molecule has 0 amide bonds. The number of rotatable bonds is 5. The van der Waals surface area contributed by atoms with Gasteiger partial charge in [-0.15, -0.1) is 11.3 Å². The fraction of sp³-hybridized carbons (Fsp3) is 0.471.